The predicted octanol–water partition coefficient (Wildman–Crippen LogP) is 5.02. The van der Waals surface area contributed by atoms with Crippen LogP contribution in [0, 0.1) is 0 Å². The third kappa shape index (κ3) is 12.2. The molecule has 0 aromatic heterocycles. The van der Waals surface area contributed by atoms with Gasteiger partial charge in [0.1, 0.15) is 0 Å². The molecule has 0 fully saturated rings. The monoisotopic (exact) mass is 392 g/mol. The summed E-state index contributed by atoms with van der Waals surface area (Å²) in [7, 11) is -8.26. The summed E-state index contributed by atoms with van der Waals surface area (Å²) in [5.74, 6) is 0.0712. The SMILES string of the molecule is C=CC(=O)CCC[Si](O[Si](C)(C)C)(O[Si](C)(C)C)O[Si](C)(C)C. The van der Waals surface area contributed by atoms with Gasteiger partial charge >= 0.3 is 8.80 Å². The lowest BCUT2D eigenvalue weighted by Gasteiger charge is -2.42. The highest BCUT2D eigenvalue weighted by Crippen LogP contribution is 2.30. The molecule has 0 amide bonds. The molecule has 0 aliphatic heterocycles. The van der Waals surface area contributed by atoms with Crippen LogP contribution in [0.3, 0.4) is 0 Å². The zero-order valence-electron chi connectivity index (χ0n) is 16.5. The van der Waals surface area contributed by atoms with Crippen LogP contribution in [0.4, 0.5) is 0 Å². The zero-order valence-corrected chi connectivity index (χ0v) is 20.5. The van der Waals surface area contributed by atoms with E-state index in [0.29, 0.717) is 12.5 Å². The van der Waals surface area contributed by atoms with E-state index in [9.17, 15) is 4.79 Å². The van der Waals surface area contributed by atoms with Gasteiger partial charge in [-0.3, -0.25) is 4.79 Å². The van der Waals surface area contributed by atoms with E-state index in [1.165, 1.54) is 6.08 Å². The number of rotatable bonds is 11. The largest absolute Gasteiger partial charge is 0.469 e. The van der Waals surface area contributed by atoms with Crippen LogP contribution in [-0.2, 0) is 17.1 Å². The summed E-state index contributed by atoms with van der Waals surface area (Å²) in [5.41, 5.74) is 0. The van der Waals surface area contributed by atoms with Crippen LogP contribution < -0.4 is 0 Å². The number of allylic oxidation sites excluding steroid dienone is 1. The van der Waals surface area contributed by atoms with Gasteiger partial charge in [-0.15, -0.1) is 0 Å². The van der Waals surface area contributed by atoms with Gasteiger partial charge < -0.3 is 12.3 Å². The first kappa shape index (κ1) is 23.2. The van der Waals surface area contributed by atoms with Crippen LogP contribution in [-0.4, -0.2) is 39.5 Å². The van der Waals surface area contributed by atoms with E-state index in [-0.39, 0.29) is 5.78 Å². The normalized spacial score (nSPS) is 14.0. The van der Waals surface area contributed by atoms with Crippen molar-refractivity contribution in [3.8, 4) is 0 Å². The molecule has 0 saturated carbocycles. The van der Waals surface area contributed by atoms with Gasteiger partial charge in [0.2, 0.25) is 0 Å². The van der Waals surface area contributed by atoms with Crippen molar-refractivity contribution >= 4 is 39.5 Å². The highest BCUT2D eigenvalue weighted by Gasteiger charge is 2.49. The molecule has 0 aromatic rings. The second-order valence-electron chi connectivity index (χ2n) is 8.85. The Kier molecular flexibility index (Phi) is 8.56. The van der Waals surface area contributed by atoms with E-state index < -0.39 is 33.8 Å². The minimum Gasteiger partial charge on any atom is -0.417 e. The fraction of sp³-hybridized carbons (Fsp3) is 0.800. The molecule has 23 heavy (non-hydrogen) atoms. The molecule has 0 rings (SSSR count). The second kappa shape index (κ2) is 8.50. The van der Waals surface area contributed by atoms with E-state index in [2.05, 4.69) is 65.5 Å². The van der Waals surface area contributed by atoms with Crippen LogP contribution in [0.25, 0.3) is 0 Å². The maximum Gasteiger partial charge on any atom is 0.469 e. The van der Waals surface area contributed by atoms with Gasteiger partial charge in [0, 0.05) is 12.5 Å². The van der Waals surface area contributed by atoms with Crippen molar-refractivity contribution in [3.63, 3.8) is 0 Å². The standard InChI is InChI=1S/C15H36O4Si4/c1-11-15(16)13-12-14-23(17-20(2,3)4,18-21(5,6)7)19-22(8,9)10/h11H,1,12-14H2,2-10H3. The minimum atomic E-state index is -2.78. The molecule has 0 aromatic carbocycles. The van der Waals surface area contributed by atoms with Crippen molar-refractivity contribution in [1.82, 2.24) is 0 Å². The van der Waals surface area contributed by atoms with Gasteiger partial charge in [0.25, 0.3) is 0 Å². The molecule has 4 nitrogen and oxygen atoms in total. The van der Waals surface area contributed by atoms with Crippen molar-refractivity contribution in [2.24, 2.45) is 0 Å². The average molecular weight is 393 g/mol. The maximum absolute atomic E-state index is 11.6. The van der Waals surface area contributed by atoms with Crippen molar-refractivity contribution in [3.05, 3.63) is 12.7 Å². The van der Waals surface area contributed by atoms with Gasteiger partial charge in [0.05, 0.1) is 0 Å². The summed E-state index contributed by atoms with van der Waals surface area (Å²) in [6.45, 7) is 23.1. The Bertz CT molecular complexity index is 364. The summed E-state index contributed by atoms with van der Waals surface area (Å²) >= 11 is 0. The molecular formula is C15H36O4Si4. The lowest BCUT2D eigenvalue weighted by Crippen LogP contribution is -2.60. The molecule has 0 atom stereocenters. The average Bonchev–Trinajstić information content (AvgIpc) is 2.20. The number of hydrogen-bond acceptors (Lipinski definition) is 4. The Labute approximate surface area is 147 Å². The van der Waals surface area contributed by atoms with Crippen LogP contribution in [0.1, 0.15) is 12.8 Å². The highest BCUT2D eigenvalue weighted by atomic mass is 28.5. The first-order valence-electron chi connectivity index (χ1n) is 8.33. The fourth-order valence-corrected chi connectivity index (χ4v) is 16.9. The summed E-state index contributed by atoms with van der Waals surface area (Å²) in [4.78, 5) is 11.6. The third-order valence-electron chi connectivity index (χ3n) is 2.52. The van der Waals surface area contributed by atoms with Crippen molar-refractivity contribution < 1.29 is 17.1 Å². The molecule has 0 heterocycles. The van der Waals surface area contributed by atoms with Crippen molar-refractivity contribution in [1.29, 1.82) is 0 Å². The summed E-state index contributed by atoms with van der Waals surface area (Å²) in [5, 5.41) is 0. The van der Waals surface area contributed by atoms with Crippen molar-refractivity contribution in [2.75, 3.05) is 0 Å². The lowest BCUT2D eigenvalue weighted by molar-refractivity contribution is -0.114. The first-order valence-corrected chi connectivity index (χ1v) is 20.5. The van der Waals surface area contributed by atoms with Gasteiger partial charge in [-0.1, -0.05) is 6.58 Å². The quantitative estimate of drug-likeness (QED) is 0.366. The topological polar surface area (TPSA) is 44.8 Å². The fourth-order valence-electron chi connectivity index (χ4n) is 2.20. The highest BCUT2D eigenvalue weighted by molar-refractivity contribution is 6.90. The molecule has 8 heteroatoms. The van der Waals surface area contributed by atoms with E-state index in [1.54, 1.807) is 0 Å². The summed E-state index contributed by atoms with van der Waals surface area (Å²) in [6.07, 6.45) is 2.61. The number of ketones is 1. The molecule has 0 radical (unpaired) electrons. The summed E-state index contributed by atoms with van der Waals surface area (Å²) < 4.78 is 19.7. The third-order valence-corrected chi connectivity index (χ3v) is 14.6. The molecule has 0 aliphatic rings. The predicted molar refractivity (Wildman–Crippen MR) is 108 cm³/mol. The molecule has 0 unspecified atom stereocenters. The Morgan fingerprint density at radius 1 is 0.826 bits per heavy atom. The van der Waals surface area contributed by atoms with Crippen molar-refractivity contribution in [2.45, 2.75) is 77.8 Å². The van der Waals surface area contributed by atoms with Gasteiger partial charge in [-0.2, -0.15) is 0 Å². The molecule has 0 spiro atoms. The summed E-state index contributed by atoms with van der Waals surface area (Å²) in [6, 6.07) is 0.714. The Balaban J connectivity index is 5.44. The van der Waals surface area contributed by atoms with Crippen LogP contribution in [0.15, 0.2) is 12.7 Å². The lowest BCUT2D eigenvalue weighted by atomic mass is 10.2. The zero-order chi connectivity index (χ0) is 18.5. The van der Waals surface area contributed by atoms with Crippen LogP contribution in [0.5, 0.6) is 0 Å². The van der Waals surface area contributed by atoms with Crippen LogP contribution >= 0.6 is 0 Å². The smallest absolute Gasteiger partial charge is 0.417 e. The number of carbonyl (C=O) groups is 1. The molecule has 0 aliphatic carbocycles. The van der Waals surface area contributed by atoms with E-state index in [4.69, 9.17) is 12.3 Å². The van der Waals surface area contributed by atoms with E-state index >= 15 is 0 Å². The Morgan fingerprint density at radius 2 is 1.17 bits per heavy atom. The van der Waals surface area contributed by atoms with Gasteiger partial charge in [-0.05, 0) is 71.4 Å². The van der Waals surface area contributed by atoms with Gasteiger partial charge in [-0.25, -0.2) is 0 Å². The molecule has 0 saturated heterocycles. The minimum absolute atomic E-state index is 0.0712. The Morgan fingerprint density at radius 3 is 1.43 bits per heavy atom. The van der Waals surface area contributed by atoms with Crippen LogP contribution in [0.2, 0.25) is 65.0 Å². The Hall–Kier alpha value is 0.158. The molecule has 0 N–H and O–H groups in total. The molecular weight excluding hydrogens is 357 g/mol. The number of carbonyl (C=O) groups excluding carboxylic acids is 1. The molecule has 136 valence electrons. The van der Waals surface area contributed by atoms with E-state index in [0.717, 1.165) is 6.42 Å². The number of hydrogen-bond donors (Lipinski definition) is 0. The first-order chi connectivity index (χ1) is 10.1. The second-order valence-corrected chi connectivity index (χ2v) is 25.8. The molecule has 0 bridgehead atoms. The van der Waals surface area contributed by atoms with E-state index in [1.807, 2.05) is 0 Å². The maximum atomic E-state index is 11.6. The van der Waals surface area contributed by atoms with Gasteiger partial charge in [0.15, 0.2) is 30.7 Å².